The fourth-order valence-corrected chi connectivity index (χ4v) is 7.06. The van der Waals surface area contributed by atoms with Crippen LogP contribution in [0.2, 0.25) is 0 Å². The molecular formula is C35H43FN8O2. The number of anilines is 2. The Morgan fingerprint density at radius 3 is 2.78 bits per heavy atom. The number of ether oxygens (including phenoxy) is 1. The molecule has 0 spiro atoms. The largest absolute Gasteiger partial charge is 0.462 e. The van der Waals surface area contributed by atoms with Crippen LogP contribution in [0.15, 0.2) is 43.0 Å². The van der Waals surface area contributed by atoms with E-state index in [1.165, 1.54) is 35.1 Å². The van der Waals surface area contributed by atoms with Crippen molar-refractivity contribution >= 4 is 28.2 Å². The van der Waals surface area contributed by atoms with E-state index in [-0.39, 0.29) is 13.1 Å². The van der Waals surface area contributed by atoms with E-state index >= 15 is 0 Å². The van der Waals surface area contributed by atoms with Gasteiger partial charge in [-0.2, -0.15) is 9.97 Å². The molecule has 0 bridgehead atoms. The van der Waals surface area contributed by atoms with E-state index in [0.717, 1.165) is 47.2 Å². The summed E-state index contributed by atoms with van der Waals surface area (Å²) < 4.78 is 20.1. The summed E-state index contributed by atoms with van der Waals surface area (Å²) in [5, 5.41) is 2.29. The molecule has 0 unspecified atom stereocenters. The third-order valence-corrected chi connectivity index (χ3v) is 10.1. The first kappa shape index (κ1) is 31.7. The molecule has 3 aliphatic rings. The molecule has 2 atom stereocenters. The molecule has 1 aromatic carbocycles. The van der Waals surface area contributed by atoms with Crippen LogP contribution >= 0.6 is 0 Å². The van der Waals surface area contributed by atoms with E-state index in [4.69, 9.17) is 21.3 Å². The quantitative estimate of drug-likeness (QED) is 0.234. The topological polar surface area (TPSA) is 82.3 Å². The number of rotatable bonds is 10. The summed E-state index contributed by atoms with van der Waals surface area (Å²) in [7, 11) is 2.15. The first-order valence-corrected chi connectivity index (χ1v) is 16.3. The van der Waals surface area contributed by atoms with Crippen molar-refractivity contribution in [3.63, 3.8) is 0 Å². The van der Waals surface area contributed by atoms with Crippen LogP contribution in [0.5, 0.6) is 6.01 Å². The summed E-state index contributed by atoms with van der Waals surface area (Å²) in [6.45, 7) is 18.8. The Morgan fingerprint density at radius 2 is 2.04 bits per heavy atom. The highest BCUT2D eigenvalue weighted by molar-refractivity contribution is 5.96. The number of likely N-dealkylation sites (N-methyl/N-ethyl adjacent to an activating group) is 1. The lowest BCUT2D eigenvalue weighted by Crippen LogP contribution is -2.57. The van der Waals surface area contributed by atoms with Crippen molar-refractivity contribution in [3.8, 4) is 6.01 Å². The maximum Gasteiger partial charge on any atom is 0.318 e. The van der Waals surface area contributed by atoms with Gasteiger partial charge in [0.25, 0.3) is 5.91 Å². The molecule has 242 valence electrons. The van der Waals surface area contributed by atoms with Crippen LogP contribution in [0, 0.1) is 19.4 Å². The van der Waals surface area contributed by atoms with Crippen molar-refractivity contribution < 1.29 is 13.9 Å². The highest BCUT2D eigenvalue weighted by Crippen LogP contribution is 2.36. The number of aromatic nitrogens is 3. The minimum absolute atomic E-state index is 0.0683. The average Bonchev–Trinajstić information content (AvgIpc) is 3.03. The van der Waals surface area contributed by atoms with E-state index in [9.17, 15) is 9.18 Å². The minimum atomic E-state index is -1.01. The minimum Gasteiger partial charge on any atom is -0.462 e. The molecule has 1 aliphatic carbocycles. The molecule has 0 N–H and O–H groups in total. The summed E-state index contributed by atoms with van der Waals surface area (Å²) in [4.78, 5) is 38.8. The van der Waals surface area contributed by atoms with E-state index in [1.54, 1.807) is 0 Å². The van der Waals surface area contributed by atoms with E-state index in [0.29, 0.717) is 44.7 Å². The smallest absolute Gasteiger partial charge is 0.318 e. The number of nitrogens with zero attached hydrogens (tertiary/aromatic N) is 8. The highest BCUT2D eigenvalue weighted by atomic mass is 19.1. The molecule has 0 radical (unpaired) electrons. The van der Waals surface area contributed by atoms with Crippen LogP contribution in [0.4, 0.5) is 15.9 Å². The molecule has 4 heterocycles. The number of hydrogen-bond donors (Lipinski definition) is 0. The lowest BCUT2D eigenvalue weighted by Gasteiger charge is -2.41. The van der Waals surface area contributed by atoms with Gasteiger partial charge < -0.3 is 29.2 Å². The second kappa shape index (κ2) is 13.6. The van der Waals surface area contributed by atoms with Gasteiger partial charge in [-0.3, -0.25) is 9.78 Å². The van der Waals surface area contributed by atoms with Gasteiger partial charge in [-0.1, -0.05) is 31.2 Å². The van der Waals surface area contributed by atoms with E-state index in [2.05, 4.69) is 70.2 Å². The summed E-state index contributed by atoms with van der Waals surface area (Å²) in [6, 6.07) is 6.62. The van der Waals surface area contributed by atoms with Crippen LogP contribution in [0.3, 0.4) is 0 Å². The summed E-state index contributed by atoms with van der Waals surface area (Å²) >= 11 is 0. The van der Waals surface area contributed by atoms with Crippen molar-refractivity contribution in [1.29, 1.82) is 0 Å². The monoisotopic (exact) mass is 626 g/mol. The van der Waals surface area contributed by atoms with Crippen LogP contribution in [-0.4, -0.2) is 95.7 Å². The number of carbonyl (C=O) groups is 1. The number of benzene rings is 1. The lowest BCUT2D eigenvalue weighted by atomic mass is 9.80. The molecule has 11 heteroatoms. The van der Waals surface area contributed by atoms with Gasteiger partial charge in [0, 0.05) is 61.3 Å². The second-order valence-corrected chi connectivity index (χ2v) is 12.9. The van der Waals surface area contributed by atoms with Crippen molar-refractivity contribution in [3.05, 3.63) is 71.2 Å². The summed E-state index contributed by atoms with van der Waals surface area (Å²) in [5.41, 5.74) is 4.21. The summed E-state index contributed by atoms with van der Waals surface area (Å²) in [5.74, 6) is -0.243. The zero-order chi connectivity index (χ0) is 32.4. The van der Waals surface area contributed by atoms with Crippen LogP contribution in [0.25, 0.3) is 15.6 Å². The molecule has 46 heavy (non-hydrogen) atoms. The molecule has 3 aromatic rings. The molecular weight excluding hydrogens is 583 g/mol. The predicted octanol–water partition coefficient (Wildman–Crippen LogP) is 4.81. The fourth-order valence-electron chi connectivity index (χ4n) is 7.06. The molecule has 2 fully saturated rings. The van der Waals surface area contributed by atoms with Crippen molar-refractivity contribution in [1.82, 2.24) is 24.8 Å². The Bertz CT molecular complexity index is 1650. The average molecular weight is 627 g/mol. The first-order valence-electron chi connectivity index (χ1n) is 16.3. The zero-order valence-electron chi connectivity index (χ0n) is 27.1. The normalized spacial score (nSPS) is 19.0. The predicted molar refractivity (Wildman–Crippen MR) is 178 cm³/mol. The van der Waals surface area contributed by atoms with Gasteiger partial charge in [-0.25, -0.2) is 11.0 Å². The Kier molecular flexibility index (Phi) is 9.36. The molecule has 6 rings (SSSR count). The number of fused-ring (bicyclic) bond motifs is 2. The number of pyridine rings is 1. The molecule has 10 nitrogen and oxygen atoms in total. The molecule has 2 aromatic heterocycles. The van der Waals surface area contributed by atoms with E-state index in [1.807, 2.05) is 12.4 Å². The Labute approximate surface area is 270 Å². The number of aryl methyl sites for hydroxylation is 1. The maximum absolute atomic E-state index is 13.9. The Morgan fingerprint density at radius 1 is 1.22 bits per heavy atom. The third-order valence-electron chi connectivity index (χ3n) is 10.1. The van der Waals surface area contributed by atoms with E-state index < -0.39 is 17.8 Å². The SMILES string of the molecule is [C-]#[N+]C[C@H]1CN(c2nc(OCCN(C)[C@@H](C)C3CCC3)nc3c2CCN(c2cncc4cccc(C)c24)C3)CCN1C(=O)C(=C)F. The Balaban J connectivity index is 1.29. The van der Waals surface area contributed by atoms with Crippen molar-refractivity contribution in [2.45, 2.75) is 58.2 Å². The standard InChI is InChI=1S/C35H43FN8O2/c1-23-8-6-11-27-18-38-20-31(32(23)27)42-13-12-29-30(22-42)39-35(46-17-16-41(5)25(3)26-9-7-10-26)40-33(29)43-14-15-44(34(45)24(2)36)28(21-43)19-37-4/h6,8,11,18,20,25-26,28H,2,7,9-10,12-17,19,21-22H2,1,3,5H3/t25-,28-/m0/s1. The van der Waals surface area contributed by atoms with Crippen molar-refractivity contribution in [2.75, 3.05) is 62.7 Å². The number of halogens is 1. The fraction of sp³-hybridized carbons (Fsp3) is 0.514. The molecule has 1 saturated carbocycles. The van der Waals surface area contributed by atoms with Gasteiger partial charge in [0.2, 0.25) is 6.54 Å². The van der Waals surface area contributed by atoms with Crippen LogP contribution in [-0.2, 0) is 17.8 Å². The lowest BCUT2D eigenvalue weighted by molar-refractivity contribution is -0.131. The first-order chi connectivity index (χ1) is 22.2. The van der Waals surface area contributed by atoms with Gasteiger partial charge in [-0.15, -0.1) is 0 Å². The van der Waals surface area contributed by atoms with Crippen molar-refractivity contribution in [2.24, 2.45) is 5.92 Å². The summed E-state index contributed by atoms with van der Waals surface area (Å²) in [6.07, 6.45) is 8.45. The second-order valence-electron chi connectivity index (χ2n) is 12.9. The van der Waals surface area contributed by atoms with Gasteiger partial charge >= 0.3 is 6.01 Å². The van der Waals surface area contributed by atoms with Gasteiger partial charge in [0.05, 0.1) is 24.1 Å². The number of amides is 1. The molecule has 1 amide bonds. The number of piperazine rings is 1. The van der Waals surface area contributed by atoms with Gasteiger partial charge in [0.1, 0.15) is 18.5 Å². The zero-order valence-corrected chi connectivity index (χ0v) is 27.1. The molecule has 1 saturated heterocycles. The highest BCUT2D eigenvalue weighted by Gasteiger charge is 2.36. The third kappa shape index (κ3) is 6.36. The van der Waals surface area contributed by atoms with Crippen LogP contribution in [0.1, 0.15) is 43.0 Å². The van der Waals surface area contributed by atoms with Gasteiger partial charge in [-0.05, 0) is 51.6 Å². The number of hydrogen-bond acceptors (Lipinski definition) is 8. The Hall–Kier alpha value is -4.30. The van der Waals surface area contributed by atoms with Gasteiger partial charge in [0.15, 0.2) is 5.83 Å². The van der Waals surface area contributed by atoms with Crippen LogP contribution < -0.4 is 14.5 Å². The number of carbonyl (C=O) groups excluding carboxylic acids is 1. The maximum atomic E-state index is 13.9. The molecule has 2 aliphatic heterocycles.